The summed E-state index contributed by atoms with van der Waals surface area (Å²) in [5.74, 6) is 1.48. The lowest BCUT2D eigenvalue weighted by molar-refractivity contribution is 0.0400. The molecule has 1 N–H and O–H groups in total. The SMILES string of the molecule is CCNCc1cnc(C(OCC)C2CC2)nc1. The Balaban J connectivity index is 1.99. The fourth-order valence-corrected chi connectivity index (χ4v) is 1.87. The van der Waals surface area contributed by atoms with Crippen LogP contribution in [0, 0.1) is 5.92 Å². The van der Waals surface area contributed by atoms with Gasteiger partial charge in [-0.3, -0.25) is 0 Å². The van der Waals surface area contributed by atoms with Gasteiger partial charge in [0.15, 0.2) is 5.82 Å². The number of nitrogens with zero attached hydrogens (tertiary/aromatic N) is 2. The molecule has 0 aromatic carbocycles. The van der Waals surface area contributed by atoms with Crippen LogP contribution >= 0.6 is 0 Å². The van der Waals surface area contributed by atoms with Gasteiger partial charge in [0.25, 0.3) is 0 Å². The Morgan fingerprint density at radius 2 is 2.06 bits per heavy atom. The van der Waals surface area contributed by atoms with Crippen molar-refractivity contribution in [3.05, 3.63) is 23.8 Å². The van der Waals surface area contributed by atoms with Crippen LogP contribution in [0.5, 0.6) is 0 Å². The van der Waals surface area contributed by atoms with E-state index in [1.54, 1.807) is 0 Å². The van der Waals surface area contributed by atoms with Crippen LogP contribution in [0.2, 0.25) is 0 Å². The number of nitrogens with one attached hydrogen (secondary N) is 1. The normalized spacial score (nSPS) is 17.1. The van der Waals surface area contributed by atoms with Crippen LogP contribution in [0.25, 0.3) is 0 Å². The maximum Gasteiger partial charge on any atom is 0.157 e. The third-order valence-corrected chi connectivity index (χ3v) is 2.96. The smallest absolute Gasteiger partial charge is 0.157 e. The van der Waals surface area contributed by atoms with E-state index in [0.29, 0.717) is 5.92 Å². The third-order valence-electron chi connectivity index (χ3n) is 2.96. The van der Waals surface area contributed by atoms with Gasteiger partial charge < -0.3 is 10.1 Å². The van der Waals surface area contributed by atoms with Crippen molar-refractivity contribution >= 4 is 0 Å². The van der Waals surface area contributed by atoms with Gasteiger partial charge in [-0.1, -0.05) is 6.92 Å². The molecule has 1 aromatic heterocycles. The molecule has 1 heterocycles. The molecule has 0 spiro atoms. The molecule has 1 fully saturated rings. The molecule has 1 aromatic rings. The molecule has 17 heavy (non-hydrogen) atoms. The second kappa shape index (κ2) is 6.07. The van der Waals surface area contributed by atoms with E-state index in [1.807, 2.05) is 19.3 Å². The molecule has 4 heteroatoms. The van der Waals surface area contributed by atoms with Crippen molar-refractivity contribution in [3.8, 4) is 0 Å². The van der Waals surface area contributed by atoms with Gasteiger partial charge in [-0.25, -0.2) is 9.97 Å². The van der Waals surface area contributed by atoms with Gasteiger partial charge in [0, 0.05) is 31.1 Å². The Labute approximate surface area is 103 Å². The second-order valence-corrected chi connectivity index (χ2v) is 4.44. The molecule has 0 bridgehead atoms. The molecule has 1 unspecified atom stereocenters. The standard InChI is InChI=1S/C13H21N3O/c1-3-14-7-10-8-15-13(16-9-10)12(17-4-2)11-5-6-11/h8-9,11-12,14H,3-7H2,1-2H3. The maximum absolute atomic E-state index is 5.73. The van der Waals surface area contributed by atoms with Crippen molar-refractivity contribution < 1.29 is 4.74 Å². The summed E-state index contributed by atoms with van der Waals surface area (Å²) in [6.45, 7) is 6.64. The lowest BCUT2D eigenvalue weighted by Gasteiger charge is -2.14. The van der Waals surface area contributed by atoms with Gasteiger partial charge >= 0.3 is 0 Å². The summed E-state index contributed by atoms with van der Waals surface area (Å²) in [5.41, 5.74) is 1.13. The summed E-state index contributed by atoms with van der Waals surface area (Å²) in [7, 11) is 0. The Morgan fingerprint density at radius 1 is 1.35 bits per heavy atom. The van der Waals surface area contributed by atoms with Crippen molar-refractivity contribution in [3.63, 3.8) is 0 Å². The molecule has 94 valence electrons. The summed E-state index contributed by atoms with van der Waals surface area (Å²) in [4.78, 5) is 8.87. The summed E-state index contributed by atoms with van der Waals surface area (Å²) in [6, 6.07) is 0. The molecule has 1 saturated carbocycles. The predicted molar refractivity (Wildman–Crippen MR) is 66.5 cm³/mol. The van der Waals surface area contributed by atoms with Gasteiger partial charge in [-0.2, -0.15) is 0 Å². The number of rotatable bonds is 7. The third kappa shape index (κ3) is 3.48. The molecule has 4 nitrogen and oxygen atoms in total. The molecule has 2 rings (SSSR count). The van der Waals surface area contributed by atoms with Gasteiger partial charge in [-0.05, 0) is 32.2 Å². The van der Waals surface area contributed by atoms with Crippen molar-refractivity contribution in [1.29, 1.82) is 0 Å². The topological polar surface area (TPSA) is 47.0 Å². The minimum Gasteiger partial charge on any atom is -0.370 e. The first-order valence-corrected chi connectivity index (χ1v) is 6.48. The van der Waals surface area contributed by atoms with Crippen LogP contribution in [0.3, 0.4) is 0 Å². The molecule has 0 saturated heterocycles. The molecular formula is C13H21N3O. The van der Waals surface area contributed by atoms with Crippen LogP contribution in [-0.2, 0) is 11.3 Å². The predicted octanol–water partition coefficient (Wildman–Crippen LogP) is 2.07. The number of hydrogen-bond acceptors (Lipinski definition) is 4. The Hall–Kier alpha value is -1.00. The summed E-state index contributed by atoms with van der Waals surface area (Å²) >= 11 is 0. The summed E-state index contributed by atoms with van der Waals surface area (Å²) in [6.07, 6.45) is 6.40. The van der Waals surface area contributed by atoms with E-state index in [-0.39, 0.29) is 6.10 Å². The van der Waals surface area contributed by atoms with Gasteiger partial charge in [0.05, 0.1) is 0 Å². The van der Waals surface area contributed by atoms with Gasteiger partial charge in [0.1, 0.15) is 6.10 Å². The lowest BCUT2D eigenvalue weighted by Crippen LogP contribution is -2.14. The number of ether oxygens (including phenoxy) is 1. The first-order chi connectivity index (χ1) is 8.35. The van der Waals surface area contributed by atoms with Crippen molar-refractivity contribution in [1.82, 2.24) is 15.3 Å². The molecule has 0 aliphatic heterocycles. The zero-order valence-corrected chi connectivity index (χ0v) is 10.6. The maximum atomic E-state index is 5.73. The molecule has 1 aliphatic carbocycles. The first kappa shape index (κ1) is 12.5. The van der Waals surface area contributed by atoms with E-state index in [0.717, 1.165) is 31.1 Å². The van der Waals surface area contributed by atoms with Crippen molar-refractivity contribution in [2.24, 2.45) is 5.92 Å². The molecule has 0 amide bonds. The van der Waals surface area contributed by atoms with Crippen molar-refractivity contribution in [2.75, 3.05) is 13.2 Å². The largest absolute Gasteiger partial charge is 0.370 e. The van der Waals surface area contributed by atoms with Crippen LogP contribution in [-0.4, -0.2) is 23.1 Å². The quantitative estimate of drug-likeness (QED) is 0.786. The Kier molecular flexibility index (Phi) is 4.45. The minimum absolute atomic E-state index is 0.105. The van der Waals surface area contributed by atoms with E-state index < -0.39 is 0 Å². The fourth-order valence-electron chi connectivity index (χ4n) is 1.87. The Morgan fingerprint density at radius 3 is 2.59 bits per heavy atom. The zero-order chi connectivity index (χ0) is 12.1. The minimum atomic E-state index is 0.105. The highest BCUT2D eigenvalue weighted by atomic mass is 16.5. The highest BCUT2D eigenvalue weighted by Crippen LogP contribution is 2.41. The van der Waals surface area contributed by atoms with E-state index in [1.165, 1.54) is 12.8 Å². The average Bonchev–Trinajstić information content (AvgIpc) is 3.18. The lowest BCUT2D eigenvalue weighted by atomic mass is 10.2. The Bertz CT molecular complexity index is 335. The summed E-state index contributed by atoms with van der Waals surface area (Å²) < 4.78 is 5.73. The highest BCUT2D eigenvalue weighted by molar-refractivity contribution is 5.08. The summed E-state index contributed by atoms with van der Waals surface area (Å²) in [5, 5.41) is 3.26. The fraction of sp³-hybridized carbons (Fsp3) is 0.692. The van der Waals surface area contributed by atoms with Crippen LogP contribution in [0.15, 0.2) is 12.4 Å². The van der Waals surface area contributed by atoms with Crippen molar-refractivity contribution in [2.45, 2.75) is 39.3 Å². The van der Waals surface area contributed by atoms with Gasteiger partial charge in [-0.15, -0.1) is 0 Å². The molecule has 1 aliphatic rings. The molecule has 0 radical (unpaired) electrons. The van der Waals surface area contributed by atoms with E-state index >= 15 is 0 Å². The van der Waals surface area contributed by atoms with E-state index in [2.05, 4.69) is 22.2 Å². The van der Waals surface area contributed by atoms with E-state index in [9.17, 15) is 0 Å². The zero-order valence-electron chi connectivity index (χ0n) is 10.6. The highest BCUT2D eigenvalue weighted by Gasteiger charge is 2.34. The van der Waals surface area contributed by atoms with E-state index in [4.69, 9.17) is 4.74 Å². The number of hydrogen-bond donors (Lipinski definition) is 1. The van der Waals surface area contributed by atoms with Crippen LogP contribution in [0.4, 0.5) is 0 Å². The number of aromatic nitrogens is 2. The average molecular weight is 235 g/mol. The van der Waals surface area contributed by atoms with Crippen LogP contribution in [0.1, 0.15) is 44.2 Å². The van der Waals surface area contributed by atoms with Gasteiger partial charge in [0.2, 0.25) is 0 Å². The molecule has 1 atom stereocenters. The second-order valence-electron chi connectivity index (χ2n) is 4.44. The van der Waals surface area contributed by atoms with Crippen LogP contribution < -0.4 is 5.32 Å². The first-order valence-electron chi connectivity index (χ1n) is 6.48. The molecular weight excluding hydrogens is 214 g/mol. The monoisotopic (exact) mass is 235 g/mol.